The number of aryl methyl sites for hydroxylation is 3. The van der Waals surface area contributed by atoms with Crippen LogP contribution in [0.1, 0.15) is 28.6 Å². The number of ether oxygens (including phenoxy) is 1. The second-order valence-electron chi connectivity index (χ2n) is 6.42. The Morgan fingerprint density at radius 1 is 1.15 bits per heavy atom. The summed E-state index contributed by atoms with van der Waals surface area (Å²) in [6, 6.07) is 15.4. The summed E-state index contributed by atoms with van der Waals surface area (Å²) < 4.78 is 7.58. The molecule has 0 unspecified atom stereocenters. The minimum absolute atomic E-state index is 0.0450. The molecular formula is C21H23N3O2. The maximum atomic E-state index is 12.5. The number of benzene rings is 2. The average molecular weight is 349 g/mol. The van der Waals surface area contributed by atoms with E-state index in [0.29, 0.717) is 5.75 Å². The van der Waals surface area contributed by atoms with Crippen LogP contribution in [0.2, 0.25) is 0 Å². The first-order valence-corrected chi connectivity index (χ1v) is 8.55. The van der Waals surface area contributed by atoms with Gasteiger partial charge in [0.15, 0.2) is 6.61 Å². The highest BCUT2D eigenvalue weighted by molar-refractivity contribution is 5.78. The van der Waals surface area contributed by atoms with E-state index >= 15 is 0 Å². The minimum Gasteiger partial charge on any atom is -0.484 e. The Morgan fingerprint density at radius 3 is 2.46 bits per heavy atom. The highest BCUT2D eigenvalue weighted by atomic mass is 16.5. The Labute approximate surface area is 153 Å². The fourth-order valence-corrected chi connectivity index (χ4v) is 2.97. The van der Waals surface area contributed by atoms with Crippen molar-refractivity contribution in [1.82, 2.24) is 14.9 Å². The van der Waals surface area contributed by atoms with Crippen LogP contribution in [0.3, 0.4) is 0 Å². The maximum Gasteiger partial charge on any atom is 0.258 e. The molecule has 5 heteroatoms. The second-order valence-corrected chi connectivity index (χ2v) is 6.42. The molecule has 0 saturated heterocycles. The van der Waals surface area contributed by atoms with Crippen LogP contribution in [0, 0.1) is 13.8 Å². The third-order valence-corrected chi connectivity index (χ3v) is 4.12. The summed E-state index contributed by atoms with van der Waals surface area (Å²) in [5.41, 5.74) is 3.19. The molecule has 1 heterocycles. The molecule has 0 bridgehead atoms. The molecule has 0 spiro atoms. The molecule has 26 heavy (non-hydrogen) atoms. The van der Waals surface area contributed by atoms with E-state index in [0.717, 1.165) is 22.5 Å². The number of aromatic nitrogens is 2. The highest BCUT2D eigenvalue weighted by Crippen LogP contribution is 2.20. The Bertz CT molecular complexity index is 867. The predicted octanol–water partition coefficient (Wildman–Crippen LogP) is 3.32. The van der Waals surface area contributed by atoms with E-state index < -0.39 is 0 Å². The summed E-state index contributed by atoms with van der Waals surface area (Å²) in [7, 11) is 1.91. The molecule has 1 atom stereocenters. The fourth-order valence-electron chi connectivity index (χ4n) is 2.97. The molecule has 134 valence electrons. The van der Waals surface area contributed by atoms with Crippen molar-refractivity contribution in [3.05, 3.63) is 83.4 Å². The van der Waals surface area contributed by atoms with Gasteiger partial charge >= 0.3 is 0 Å². The zero-order chi connectivity index (χ0) is 18.5. The lowest BCUT2D eigenvalue weighted by Gasteiger charge is -2.19. The minimum atomic E-state index is -0.327. The number of carbonyl (C=O) groups excluding carboxylic acids is 1. The van der Waals surface area contributed by atoms with Gasteiger partial charge in [-0.15, -0.1) is 0 Å². The molecule has 0 aliphatic carbocycles. The van der Waals surface area contributed by atoms with Gasteiger partial charge in [-0.3, -0.25) is 4.79 Å². The number of hydrogen-bond acceptors (Lipinski definition) is 3. The second kappa shape index (κ2) is 7.87. The Balaban J connectivity index is 1.72. The van der Waals surface area contributed by atoms with Crippen LogP contribution in [0.5, 0.6) is 5.75 Å². The summed E-state index contributed by atoms with van der Waals surface area (Å²) in [5, 5.41) is 3.03. The number of imidazole rings is 1. The van der Waals surface area contributed by atoms with Gasteiger partial charge in [0.1, 0.15) is 17.6 Å². The van der Waals surface area contributed by atoms with Crippen molar-refractivity contribution in [3.63, 3.8) is 0 Å². The van der Waals surface area contributed by atoms with E-state index in [-0.39, 0.29) is 18.6 Å². The standard InChI is InChI=1S/C21H23N3O2/c1-15-11-16(2)13-18(12-15)26-14-19(25)23-20(17-7-5-4-6-8-17)21-22-9-10-24(21)3/h4-13,20H,14H2,1-3H3,(H,23,25)/t20-/m0/s1. The van der Waals surface area contributed by atoms with Crippen LogP contribution >= 0.6 is 0 Å². The first-order chi connectivity index (χ1) is 12.5. The molecule has 2 aromatic carbocycles. The van der Waals surface area contributed by atoms with Gasteiger partial charge in [-0.05, 0) is 42.7 Å². The maximum absolute atomic E-state index is 12.5. The van der Waals surface area contributed by atoms with Gasteiger partial charge in [-0.2, -0.15) is 0 Å². The number of hydrogen-bond donors (Lipinski definition) is 1. The predicted molar refractivity (Wildman–Crippen MR) is 101 cm³/mol. The number of amides is 1. The Morgan fingerprint density at radius 2 is 1.85 bits per heavy atom. The van der Waals surface area contributed by atoms with Crippen LogP contribution in [0.4, 0.5) is 0 Å². The lowest BCUT2D eigenvalue weighted by atomic mass is 10.1. The summed E-state index contributed by atoms with van der Waals surface area (Å²) in [4.78, 5) is 16.9. The molecule has 1 N–H and O–H groups in total. The van der Waals surface area contributed by atoms with Crippen LogP contribution in [-0.4, -0.2) is 22.1 Å². The molecule has 3 rings (SSSR count). The zero-order valence-electron chi connectivity index (χ0n) is 15.3. The van der Waals surface area contributed by atoms with Crippen molar-refractivity contribution in [2.45, 2.75) is 19.9 Å². The molecule has 0 radical (unpaired) electrons. The molecule has 0 saturated carbocycles. The smallest absolute Gasteiger partial charge is 0.258 e. The van der Waals surface area contributed by atoms with Gasteiger partial charge in [0, 0.05) is 19.4 Å². The fraction of sp³-hybridized carbons (Fsp3) is 0.238. The Kier molecular flexibility index (Phi) is 5.37. The zero-order valence-corrected chi connectivity index (χ0v) is 15.3. The van der Waals surface area contributed by atoms with Gasteiger partial charge in [0.2, 0.25) is 0 Å². The highest BCUT2D eigenvalue weighted by Gasteiger charge is 2.20. The number of nitrogens with one attached hydrogen (secondary N) is 1. The lowest BCUT2D eigenvalue weighted by Crippen LogP contribution is -2.34. The van der Waals surface area contributed by atoms with Gasteiger partial charge in [-0.25, -0.2) is 4.98 Å². The number of rotatable bonds is 6. The van der Waals surface area contributed by atoms with Crippen molar-refractivity contribution in [2.75, 3.05) is 6.61 Å². The quantitative estimate of drug-likeness (QED) is 0.743. The monoisotopic (exact) mass is 349 g/mol. The van der Waals surface area contributed by atoms with Crippen molar-refractivity contribution in [2.24, 2.45) is 7.05 Å². The first-order valence-electron chi connectivity index (χ1n) is 8.55. The largest absolute Gasteiger partial charge is 0.484 e. The van der Waals surface area contributed by atoms with Gasteiger partial charge in [-0.1, -0.05) is 36.4 Å². The normalized spacial score (nSPS) is 11.8. The van der Waals surface area contributed by atoms with E-state index in [1.807, 2.05) is 74.1 Å². The molecule has 0 aliphatic heterocycles. The summed E-state index contributed by atoms with van der Waals surface area (Å²) in [6.45, 7) is 3.97. The van der Waals surface area contributed by atoms with Crippen LogP contribution in [0.25, 0.3) is 0 Å². The van der Waals surface area contributed by atoms with Crippen LogP contribution in [0.15, 0.2) is 60.9 Å². The van der Waals surface area contributed by atoms with E-state index in [2.05, 4.69) is 16.4 Å². The van der Waals surface area contributed by atoms with E-state index in [1.165, 1.54) is 0 Å². The third kappa shape index (κ3) is 4.30. The summed E-state index contributed by atoms with van der Waals surface area (Å²) >= 11 is 0. The molecule has 0 aliphatic rings. The molecule has 3 aromatic rings. The average Bonchev–Trinajstić information content (AvgIpc) is 3.03. The first kappa shape index (κ1) is 17.7. The van der Waals surface area contributed by atoms with Gasteiger partial charge < -0.3 is 14.6 Å². The van der Waals surface area contributed by atoms with E-state index in [1.54, 1.807) is 6.20 Å². The van der Waals surface area contributed by atoms with Crippen molar-refractivity contribution in [3.8, 4) is 5.75 Å². The molecular weight excluding hydrogens is 326 g/mol. The Hall–Kier alpha value is -3.08. The van der Waals surface area contributed by atoms with Gasteiger partial charge in [0.05, 0.1) is 0 Å². The van der Waals surface area contributed by atoms with E-state index in [4.69, 9.17) is 4.74 Å². The number of nitrogens with zero attached hydrogens (tertiary/aromatic N) is 2. The van der Waals surface area contributed by atoms with Crippen LogP contribution < -0.4 is 10.1 Å². The van der Waals surface area contributed by atoms with Crippen molar-refractivity contribution < 1.29 is 9.53 Å². The van der Waals surface area contributed by atoms with Crippen LogP contribution in [-0.2, 0) is 11.8 Å². The van der Waals surface area contributed by atoms with Gasteiger partial charge in [0.25, 0.3) is 5.91 Å². The molecule has 1 aromatic heterocycles. The lowest BCUT2D eigenvalue weighted by molar-refractivity contribution is -0.123. The molecule has 1 amide bonds. The summed E-state index contributed by atoms with van der Waals surface area (Å²) in [5.74, 6) is 1.28. The van der Waals surface area contributed by atoms with Crippen molar-refractivity contribution in [1.29, 1.82) is 0 Å². The SMILES string of the molecule is Cc1cc(C)cc(OCC(=O)N[C@@H](c2ccccc2)c2nccn2C)c1. The third-order valence-electron chi connectivity index (χ3n) is 4.12. The van der Waals surface area contributed by atoms with E-state index in [9.17, 15) is 4.79 Å². The molecule has 5 nitrogen and oxygen atoms in total. The van der Waals surface area contributed by atoms with Crippen molar-refractivity contribution >= 4 is 5.91 Å². The molecule has 0 fully saturated rings. The topological polar surface area (TPSA) is 56.1 Å². The summed E-state index contributed by atoms with van der Waals surface area (Å²) in [6.07, 6.45) is 3.59. The number of carbonyl (C=O) groups is 1.